The molecule has 2 aromatic carbocycles. The van der Waals surface area contributed by atoms with Crippen molar-refractivity contribution < 1.29 is 14.3 Å². The number of anilines is 1. The van der Waals surface area contributed by atoms with Gasteiger partial charge in [0.1, 0.15) is 5.01 Å². The number of hydrogen-bond donors (Lipinski definition) is 1. The summed E-state index contributed by atoms with van der Waals surface area (Å²) in [5.74, 6) is -0.846. The van der Waals surface area contributed by atoms with Crippen molar-refractivity contribution in [1.82, 2.24) is 4.98 Å². The van der Waals surface area contributed by atoms with Crippen LogP contribution in [0.3, 0.4) is 0 Å². The molecule has 0 spiro atoms. The van der Waals surface area contributed by atoms with Crippen molar-refractivity contribution >= 4 is 28.9 Å². The van der Waals surface area contributed by atoms with Gasteiger partial charge in [-0.05, 0) is 32.0 Å². The number of aryl methyl sites for hydroxylation is 2. The van der Waals surface area contributed by atoms with Gasteiger partial charge in [-0.1, -0.05) is 41.5 Å². The van der Waals surface area contributed by atoms with Crippen molar-refractivity contribution in [3.8, 4) is 10.6 Å². The molecule has 1 N–H and O–H groups in total. The number of nitrogens with zero attached hydrogens (tertiary/aromatic N) is 1. The van der Waals surface area contributed by atoms with Crippen molar-refractivity contribution in [1.29, 1.82) is 0 Å². The van der Waals surface area contributed by atoms with Crippen molar-refractivity contribution in [2.24, 2.45) is 0 Å². The first-order valence-electron chi connectivity index (χ1n) is 8.53. The lowest BCUT2D eigenvalue weighted by atomic mass is 10.1. The summed E-state index contributed by atoms with van der Waals surface area (Å²) in [5.41, 5.74) is 4.59. The summed E-state index contributed by atoms with van der Waals surface area (Å²) in [5, 5.41) is 5.39. The summed E-state index contributed by atoms with van der Waals surface area (Å²) in [6.07, 6.45) is 0.0418. The van der Waals surface area contributed by atoms with Gasteiger partial charge in [-0.2, -0.15) is 0 Å². The Bertz CT molecular complexity index is 948. The molecule has 138 valence electrons. The Labute approximate surface area is 162 Å². The normalized spacial score (nSPS) is 10.4. The Morgan fingerprint density at radius 1 is 1.07 bits per heavy atom. The molecule has 0 aliphatic carbocycles. The Morgan fingerprint density at radius 3 is 2.59 bits per heavy atom. The molecular formula is C21H20N2O3S. The molecule has 3 rings (SSSR count). The van der Waals surface area contributed by atoms with Gasteiger partial charge in [0.25, 0.3) is 5.91 Å². The van der Waals surface area contributed by atoms with Crippen LogP contribution in [0.25, 0.3) is 10.6 Å². The van der Waals surface area contributed by atoms with Gasteiger partial charge in [-0.15, -0.1) is 11.3 Å². The maximum atomic E-state index is 12.0. The highest BCUT2D eigenvalue weighted by atomic mass is 32.1. The van der Waals surface area contributed by atoms with Crippen LogP contribution in [-0.2, 0) is 20.7 Å². The maximum absolute atomic E-state index is 12.0. The van der Waals surface area contributed by atoms with E-state index < -0.39 is 5.97 Å². The van der Waals surface area contributed by atoms with Crippen LogP contribution in [0.15, 0.2) is 53.9 Å². The monoisotopic (exact) mass is 380 g/mol. The number of benzene rings is 2. The topological polar surface area (TPSA) is 68.3 Å². The molecule has 0 aliphatic rings. The van der Waals surface area contributed by atoms with E-state index in [0.717, 1.165) is 21.7 Å². The molecule has 27 heavy (non-hydrogen) atoms. The second-order valence-corrected chi connectivity index (χ2v) is 7.12. The maximum Gasteiger partial charge on any atom is 0.312 e. The van der Waals surface area contributed by atoms with Gasteiger partial charge in [0.05, 0.1) is 12.1 Å². The van der Waals surface area contributed by atoms with E-state index >= 15 is 0 Å². The van der Waals surface area contributed by atoms with Crippen LogP contribution in [0.5, 0.6) is 0 Å². The predicted molar refractivity (Wildman–Crippen MR) is 107 cm³/mol. The Hall–Kier alpha value is -2.99. The molecule has 1 amide bonds. The van der Waals surface area contributed by atoms with Crippen molar-refractivity contribution in [3.05, 3.63) is 70.7 Å². The minimum absolute atomic E-state index is 0.0418. The average Bonchev–Trinajstić information content (AvgIpc) is 3.10. The highest BCUT2D eigenvalue weighted by Crippen LogP contribution is 2.24. The van der Waals surface area contributed by atoms with E-state index in [1.807, 2.05) is 49.6 Å². The second-order valence-electron chi connectivity index (χ2n) is 6.27. The molecule has 0 saturated carbocycles. The van der Waals surface area contributed by atoms with Gasteiger partial charge in [0.15, 0.2) is 6.61 Å². The Balaban J connectivity index is 1.49. The fraction of sp³-hybridized carbons (Fsp3) is 0.190. The van der Waals surface area contributed by atoms with Crippen molar-refractivity contribution in [2.45, 2.75) is 20.3 Å². The summed E-state index contributed by atoms with van der Waals surface area (Å²) in [4.78, 5) is 28.3. The fourth-order valence-corrected chi connectivity index (χ4v) is 3.29. The summed E-state index contributed by atoms with van der Waals surface area (Å²) < 4.78 is 5.05. The number of esters is 1. The SMILES string of the molecule is Cc1ccc(NC(=O)COC(=O)Cc2csc(-c3cccc(C)c3)n2)cc1. The minimum atomic E-state index is -0.477. The summed E-state index contributed by atoms with van der Waals surface area (Å²) in [6.45, 7) is 3.68. The molecule has 5 nitrogen and oxygen atoms in total. The Kier molecular flexibility index (Phi) is 5.98. The number of aromatic nitrogens is 1. The zero-order valence-corrected chi connectivity index (χ0v) is 16.0. The third-order valence-electron chi connectivity index (χ3n) is 3.84. The third-order valence-corrected chi connectivity index (χ3v) is 4.78. The molecule has 0 aliphatic heterocycles. The van der Waals surface area contributed by atoms with Crippen LogP contribution in [0.4, 0.5) is 5.69 Å². The first kappa shape index (κ1) is 18.8. The molecule has 0 radical (unpaired) electrons. The van der Waals surface area contributed by atoms with E-state index in [-0.39, 0.29) is 18.9 Å². The number of amides is 1. The number of carbonyl (C=O) groups is 2. The molecule has 0 unspecified atom stereocenters. The van der Waals surface area contributed by atoms with E-state index in [9.17, 15) is 9.59 Å². The van der Waals surface area contributed by atoms with E-state index in [0.29, 0.717) is 11.4 Å². The van der Waals surface area contributed by atoms with E-state index in [2.05, 4.69) is 16.4 Å². The molecule has 0 atom stereocenters. The molecule has 1 aromatic heterocycles. The van der Waals surface area contributed by atoms with Gasteiger partial charge < -0.3 is 10.1 Å². The first-order valence-corrected chi connectivity index (χ1v) is 9.41. The van der Waals surface area contributed by atoms with Crippen molar-refractivity contribution in [3.63, 3.8) is 0 Å². The summed E-state index contributed by atoms with van der Waals surface area (Å²) >= 11 is 1.48. The lowest BCUT2D eigenvalue weighted by molar-refractivity contribution is -0.146. The standard InChI is InChI=1S/C21H20N2O3S/c1-14-6-8-17(9-7-14)22-19(24)12-26-20(25)11-18-13-27-21(23-18)16-5-3-4-15(2)10-16/h3-10,13H,11-12H2,1-2H3,(H,22,24). The van der Waals surface area contributed by atoms with Crippen LogP contribution in [0.1, 0.15) is 16.8 Å². The van der Waals surface area contributed by atoms with E-state index in [1.54, 1.807) is 12.1 Å². The number of hydrogen-bond acceptors (Lipinski definition) is 5. The van der Waals surface area contributed by atoms with E-state index in [1.165, 1.54) is 11.3 Å². The third kappa shape index (κ3) is 5.49. The largest absolute Gasteiger partial charge is 0.455 e. The first-order chi connectivity index (χ1) is 13.0. The van der Waals surface area contributed by atoms with Crippen LogP contribution in [0.2, 0.25) is 0 Å². The molecular weight excluding hydrogens is 360 g/mol. The zero-order valence-electron chi connectivity index (χ0n) is 15.2. The van der Waals surface area contributed by atoms with Gasteiger partial charge in [-0.25, -0.2) is 4.98 Å². The molecule has 1 heterocycles. The fourth-order valence-electron chi connectivity index (χ4n) is 2.48. The number of carbonyl (C=O) groups excluding carboxylic acids is 2. The minimum Gasteiger partial charge on any atom is -0.455 e. The highest BCUT2D eigenvalue weighted by Gasteiger charge is 2.12. The smallest absolute Gasteiger partial charge is 0.312 e. The molecule has 0 fully saturated rings. The number of rotatable bonds is 6. The molecule has 6 heteroatoms. The van der Waals surface area contributed by atoms with Gasteiger partial charge in [0.2, 0.25) is 0 Å². The molecule has 0 bridgehead atoms. The number of nitrogens with one attached hydrogen (secondary N) is 1. The number of ether oxygens (including phenoxy) is 1. The lowest BCUT2D eigenvalue weighted by Crippen LogP contribution is -2.21. The molecule has 3 aromatic rings. The van der Waals surface area contributed by atoms with Crippen molar-refractivity contribution in [2.75, 3.05) is 11.9 Å². The predicted octanol–water partition coefficient (Wildman–Crippen LogP) is 4.15. The second kappa shape index (κ2) is 8.60. The van der Waals surface area contributed by atoms with E-state index in [4.69, 9.17) is 4.74 Å². The summed E-state index contributed by atoms with van der Waals surface area (Å²) in [7, 11) is 0. The Morgan fingerprint density at radius 2 is 1.85 bits per heavy atom. The lowest BCUT2D eigenvalue weighted by Gasteiger charge is -2.06. The summed E-state index contributed by atoms with van der Waals surface area (Å²) in [6, 6.07) is 15.4. The average molecular weight is 380 g/mol. The number of thiazole rings is 1. The van der Waals surface area contributed by atoms with Crippen LogP contribution in [-0.4, -0.2) is 23.5 Å². The van der Waals surface area contributed by atoms with Crippen LogP contribution < -0.4 is 5.32 Å². The quantitative estimate of drug-likeness (QED) is 0.652. The van der Waals surface area contributed by atoms with Crippen LogP contribution >= 0.6 is 11.3 Å². The van der Waals surface area contributed by atoms with Crippen LogP contribution in [0, 0.1) is 13.8 Å². The van der Waals surface area contributed by atoms with Gasteiger partial charge >= 0.3 is 5.97 Å². The zero-order chi connectivity index (χ0) is 19.2. The van der Waals surface area contributed by atoms with Gasteiger partial charge in [0, 0.05) is 16.6 Å². The molecule has 0 saturated heterocycles. The van der Waals surface area contributed by atoms with Gasteiger partial charge in [-0.3, -0.25) is 9.59 Å². The highest BCUT2D eigenvalue weighted by molar-refractivity contribution is 7.13.